The number of anilines is 1. The summed E-state index contributed by atoms with van der Waals surface area (Å²) in [6.45, 7) is 0. The van der Waals surface area contributed by atoms with E-state index in [0.717, 1.165) is 4.90 Å². The summed E-state index contributed by atoms with van der Waals surface area (Å²) < 4.78 is 0. The van der Waals surface area contributed by atoms with Crippen LogP contribution in [0.2, 0.25) is 0 Å². The van der Waals surface area contributed by atoms with E-state index in [-0.39, 0.29) is 0 Å². The molecule has 0 saturated carbocycles. The van der Waals surface area contributed by atoms with E-state index in [2.05, 4.69) is 24.3 Å². The van der Waals surface area contributed by atoms with Crippen LogP contribution in [0.3, 0.4) is 0 Å². The predicted molar refractivity (Wildman–Crippen MR) is 78.2 cm³/mol. The summed E-state index contributed by atoms with van der Waals surface area (Å²) in [5.74, 6) is 0. The van der Waals surface area contributed by atoms with Crippen LogP contribution in [0.25, 0.3) is 0 Å². The van der Waals surface area contributed by atoms with Crippen LogP contribution >= 0.6 is 11.8 Å². The molecule has 0 aliphatic heterocycles. The molecule has 2 aromatic rings. The van der Waals surface area contributed by atoms with Crippen molar-refractivity contribution < 1.29 is 0 Å². The van der Waals surface area contributed by atoms with Crippen molar-refractivity contribution in [1.82, 2.24) is 0 Å². The average molecular weight is 266 g/mol. The predicted octanol–water partition coefficient (Wildman–Crippen LogP) is 3.78. The fourth-order valence-corrected chi connectivity index (χ4v) is 3.43. The van der Waals surface area contributed by atoms with E-state index >= 15 is 0 Å². The Labute approximate surface area is 117 Å². The molecule has 0 fully saturated rings. The Hall–Kier alpha value is -1.92. The molecular formula is C16H14N2S. The van der Waals surface area contributed by atoms with Gasteiger partial charge in [-0.3, -0.25) is 0 Å². The number of nitrogen functional groups attached to an aromatic ring is 1. The van der Waals surface area contributed by atoms with Crippen LogP contribution in [-0.4, -0.2) is 0 Å². The smallest absolute Gasteiger partial charge is 0.101 e. The fourth-order valence-electron chi connectivity index (χ4n) is 2.47. The summed E-state index contributed by atoms with van der Waals surface area (Å²) in [6.07, 6.45) is 3.64. The van der Waals surface area contributed by atoms with Gasteiger partial charge < -0.3 is 5.73 Å². The molecule has 0 heterocycles. The minimum absolute atomic E-state index is 0.547. The Morgan fingerprint density at radius 2 is 1.95 bits per heavy atom. The van der Waals surface area contributed by atoms with Gasteiger partial charge >= 0.3 is 0 Å². The second-order valence-electron chi connectivity index (χ2n) is 4.72. The van der Waals surface area contributed by atoms with E-state index in [0.29, 0.717) is 11.3 Å². The van der Waals surface area contributed by atoms with Crippen molar-refractivity contribution in [2.24, 2.45) is 0 Å². The van der Waals surface area contributed by atoms with Gasteiger partial charge in [-0.1, -0.05) is 23.9 Å². The number of hydrogen-bond donors (Lipinski definition) is 1. The van der Waals surface area contributed by atoms with Crippen molar-refractivity contribution in [1.29, 1.82) is 5.26 Å². The molecule has 3 heteroatoms. The summed E-state index contributed by atoms with van der Waals surface area (Å²) in [4.78, 5) is 2.15. The van der Waals surface area contributed by atoms with Gasteiger partial charge in [0.2, 0.25) is 0 Å². The summed E-state index contributed by atoms with van der Waals surface area (Å²) in [5, 5.41) is 9.00. The van der Waals surface area contributed by atoms with Gasteiger partial charge in [-0.25, -0.2) is 0 Å². The number of fused-ring (bicyclic) bond motifs is 1. The van der Waals surface area contributed by atoms with E-state index < -0.39 is 0 Å². The Kier molecular flexibility index (Phi) is 3.18. The van der Waals surface area contributed by atoms with Gasteiger partial charge in [0.05, 0.1) is 11.3 Å². The van der Waals surface area contributed by atoms with E-state index in [1.807, 2.05) is 12.1 Å². The molecule has 0 saturated heterocycles. The highest BCUT2D eigenvalue weighted by atomic mass is 32.2. The summed E-state index contributed by atoms with van der Waals surface area (Å²) in [6, 6.07) is 14.3. The molecule has 3 rings (SSSR count). The minimum Gasteiger partial charge on any atom is -0.397 e. The van der Waals surface area contributed by atoms with Gasteiger partial charge in [0.25, 0.3) is 0 Å². The molecule has 2 nitrogen and oxygen atoms in total. The van der Waals surface area contributed by atoms with Crippen LogP contribution in [0.15, 0.2) is 46.2 Å². The molecule has 0 radical (unpaired) electrons. The van der Waals surface area contributed by atoms with E-state index in [4.69, 9.17) is 11.0 Å². The van der Waals surface area contributed by atoms with Crippen LogP contribution in [0.4, 0.5) is 5.69 Å². The first kappa shape index (κ1) is 12.1. The molecule has 2 aromatic carbocycles. The van der Waals surface area contributed by atoms with Gasteiger partial charge in [0, 0.05) is 9.79 Å². The third-order valence-corrected chi connectivity index (χ3v) is 4.55. The highest BCUT2D eigenvalue weighted by Crippen LogP contribution is 2.35. The zero-order valence-electron chi connectivity index (χ0n) is 10.5. The lowest BCUT2D eigenvalue weighted by Gasteiger charge is -2.08. The first-order valence-corrected chi connectivity index (χ1v) is 7.18. The summed E-state index contributed by atoms with van der Waals surface area (Å²) in [5.41, 5.74) is 10.1. The number of rotatable bonds is 2. The topological polar surface area (TPSA) is 49.8 Å². The van der Waals surface area contributed by atoms with Crippen LogP contribution in [0.5, 0.6) is 0 Å². The zero-order valence-corrected chi connectivity index (χ0v) is 11.3. The van der Waals surface area contributed by atoms with Crippen LogP contribution in [0, 0.1) is 11.3 Å². The van der Waals surface area contributed by atoms with Gasteiger partial charge in [-0.15, -0.1) is 0 Å². The number of nitrogens with two attached hydrogens (primary N) is 1. The fraction of sp³-hybridized carbons (Fsp3) is 0.188. The quantitative estimate of drug-likeness (QED) is 0.841. The van der Waals surface area contributed by atoms with E-state index in [9.17, 15) is 0 Å². The van der Waals surface area contributed by atoms with E-state index in [1.54, 1.807) is 17.8 Å². The van der Waals surface area contributed by atoms with Gasteiger partial charge in [0.1, 0.15) is 6.07 Å². The Balaban J connectivity index is 1.92. The molecule has 0 bridgehead atoms. The summed E-state index contributed by atoms with van der Waals surface area (Å²) >= 11 is 1.63. The maximum Gasteiger partial charge on any atom is 0.101 e. The molecule has 1 aliphatic rings. The second-order valence-corrected chi connectivity index (χ2v) is 5.83. The Bertz CT molecular complexity index is 671. The van der Waals surface area contributed by atoms with Crippen molar-refractivity contribution in [3.8, 4) is 6.07 Å². The molecule has 0 unspecified atom stereocenters. The van der Waals surface area contributed by atoms with Crippen LogP contribution < -0.4 is 5.73 Å². The van der Waals surface area contributed by atoms with Crippen LogP contribution in [-0.2, 0) is 12.8 Å². The highest BCUT2D eigenvalue weighted by molar-refractivity contribution is 7.99. The van der Waals surface area contributed by atoms with Crippen LogP contribution in [0.1, 0.15) is 23.1 Å². The Morgan fingerprint density at radius 3 is 2.79 bits per heavy atom. The number of aryl methyl sites for hydroxylation is 2. The SMILES string of the molecule is N#Cc1cccc(Sc2ccc3c(c2)CCC3)c1N. The van der Waals surface area contributed by atoms with Crippen molar-refractivity contribution >= 4 is 17.4 Å². The number of hydrogen-bond acceptors (Lipinski definition) is 3. The lowest BCUT2D eigenvalue weighted by atomic mass is 10.1. The molecule has 0 amide bonds. The maximum atomic E-state index is 9.00. The number of para-hydroxylation sites is 1. The molecule has 0 spiro atoms. The molecule has 2 N–H and O–H groups in total. The first-order chi connectivity index (χ1) is 9.28. The van der Waals surface area contributed by atoms with Crippen molar-refractivity contribution in [2.45, 2.75) is 29.1 Å². The van der Waals surface area contributed by atoms with Gasteiger partial charge in [-0.2, -0.15) is 5.26 Å². The second kappa shape index (κ2) is 4.99. The molecule has 1 aliphatic carbocycles. The van der Waals surface area contributed by atoms with E-state index in [1.165, 1.54) is 35.3 Å². The van der Waals surface area contributed by atoms with Gasteiger partial charge in [0.15, 0.2) is 0 Å². The molecule has 0 atom stereocenters. The van der Waals surface area contributed by atoms with Crippen molar-refractivity contribution in [3.05, 3.63) is 53.1 Å². The molecular weight excluding hydrogens is 252 g/mol. The number of nitrogens with zero attached hydrogens (tertiary/aromatic N) is 1. The third kappa shape index (κ3) is 2.32. The third-order valence-electron chi connectivity index (χ3n) is 3.48. The minimum atomic E-state index is 0.547. The molecule has 94 valence electrons. The largest absolute Gasteiger partial charge is 0.397 e. The standard InChI is InChI=1S/C16H14N2S/c17-10-13-5-2-6-15(16(13)18)19-14-8-7-11-3-1-4-12(11)9-14/h2,5-9H,1,3-4,18H2. The number of nitriles is 1. The average Bonchev–Trinajstić information content (AvgIpc) is 2.88. The first-order valence-electron chi connectivity index (χ1n) is 6.36. The number of benzene rings is 2. The maximum absolute atomic E-state index is 9.00. The molecule has 0 aromatic heterocycles. The normalized spacial score (nSPS) is 13.0. The van der Waals surface area contributed by atoms with Crippen molar-refractivity contribution in [3.63, 3.8) is 0 Å². The van der Waals surface area contributed by atoms with Gasteiger partial charge in [-0.05, 0) is 54.7 Å². The summed E-state index contributed by atoms with van der Waals surface area (Å²) in [7, 11) is 0. The lowest BCUT2D eigenvalue weighted by molar-refractivity contribution is 0.911. The Morgan fingerprint density at radius 1 is 1.11 bits per heavy atom. The monoisotopic (exact) mass is 266 g/mol. The lowest BCUT2D eigenvalue weighted by Crippen LogP contribution is -1.93. The zero-order chi connectivity index (χ0) is 13.2. The highest BCUT2D eigenvalue weighted by Gasteiger charge is 2.12. The molecule has 19 heavy (non-hydrogen) atoms. The van der Waals surface area contributed by atoms with Crippen molar-refractivity contribution in [2.75, 3.05) is 5.73 Å².